The highest BCUT2D eigenvalue weighted by molar-refractivity contribution is 5.96. The van der Waals surface area contributed by atoms with Gasteiger partial charge in [-0.25, -0.2) is 0 Å². The van der Waals surface area contributed by atoms with Crippen molar-refractivity contribution in [3.05, 3.63) is 42.5 Å². The van der Waals surface area contributed by atoms with Crippen molar-refractivity contribution in [2.45, 2.75) is 12.8 Å². The molecule has 0 radical (unpaired) electrons. The third kappa shape index (κ3) is 5.04. The lowest BCUT2D eigenvalue weighted by molar-refractivity contribution is -0.118. The number of carbonyl (C=O) groups excluding carboxylic acids is 2. The number of nitrogens with zero attached hydrogens (tertiary/aromatic N) is 1. The van der Waals surface area contributed by atoms with E-state index < -0.39 is 0 Å². The minimum atomic E-state index is -0.330. The van der Waals surface area contributed by atoms with E-state index in [1.54, 1.807) is 42.3 Å². The fourth-order valence-corrected chi connectivity index (χ4v) is 2.75. The van der Waals surface area contributed by atoms with E-state index in [1.807, 2.05) is 12.1 Å². The molecule has 1 heterocycles. The van der Waals surface area contributed by atoms with Crippen LogP contribution < -0.4 is 25.4 Å². The van der Waals surface area contributed by atoms with Crippen molar-refractivity contribution in [2.24, 2.45) is 0 Å². The van der Waals surface area contributed by atoms with Crippen LogP contribution in [0.4, 0.5) is 17.1 Å². The van der Waals surface area contributed by atoms with Crippen LogP contribution in [-0.2, 0) is 9.59 Å². The summed E-state index contributed by atoms with van der Waals surface area (Å²) >= 11 is 0. The van der Waals surface area contributed by atoms with Crippen molar-refractivity contribution >= 4 is 41.3 Å². The Morgan fingerprint density at radius 3 is 2.52 bits per heavy atom. The zero-order chi connectivity index (χ0) is 18.5. The molecule has 7 nitrogen and oxygen atoms in total. The third-order valence-electron chi connectivity index (χ3n) is 4.13. The molecule has 144 valence electrons. The Balaban J connectivity index is 0.00000261. The Bertz CT molecular complexity index is 811. The summed E-state index contributed by atoms with van der Waals surface area (Å²) in [5.74, 6) is 0.953. The molecule has 1 aliphatic rings. The van der Waals surface area contributed by atoms with Crippen LogP contribution in [0.25, 0.3) is 0 Å². The molecular formula is C19H22ClN3O4. The van der Waals surface area contributed by atoms with Gasteiger partial charge in [0.25, 0.3) is 5.91 Å². The summed E-state index contributed by atoms with van der Waals surface area (Å²) in [4.78, 5) is 25.6. The highest BCUT2D eigenvalue weighted by Crippen LogP contribution is 2.25. The van der Waals surface area contributed by atoms with E-state index in [1.165, 1.54) is 0 Å². The molecule has 0 spiro atoms. The third-order valence-corrected chi connectivity index (χ3v) is 4.13. The van der Waals surface area contributed by atoms with Gasteiger partial charge >= 0.3 is 0 Å². The molecule has 0 unspecified atom stereocenters. The largest absolute Gasteiger partial charge is 0.497 e. The lowest BCUT2D eigenvalue weighted by Crippen LogP contribution is -2.23. The fraction of sp³-hybridized carbons (Fsp3) is 0.263. The molecule has 0 bridgehead atoms. The van der Waals surface area contributed by atoms with Crippen LogP contribution in [0.2, 0.25) is 0 Å². The number of nitrogens with two attached hydrogens (primary N) is 1. The Labute approximate surface area is 163 Å². The van der Waals surface area contributed by atoms with Gasteiger partial charge in [0.1, 0.15) is 11.5 Å². The predicted octanol–water partition coefficient (Wildman–Crippen LogP) is 2.84. The quantitative estimate of drug-likeness (QED) is 0.738. The van der Waals surface area contributed by atoms with Crippen LogP contribution in [-0.4, -0.2) is 32.1 Å². The van der Waals surface area contributed by atoms with Gasteiger partial charge in [-0.2, -0.15) is 0 Å². The lowest BCUT2D eigenvalue weighted by Gasteiger charge is -2.16. The number of carbonyl (C=O) groups is 2. The van der Waals surface area contributed by atoms with E-state index in [4.69, 9.17) is 15.2 Å². The van der Waals surface area contributed by atoms with Gasteiger partial charge in [-0.3, -0.25) is 9.59 Å². The first-order chi connectivity index (χ1) is 12.6. The van der Waals surface area contributed by atoms with Crippen LogP contribution in [0.15, 0.2) is 42.5 Å². The molecule has 2 aromatic carbocycles. The molecule has 0 atom stereocenters. The monoisotopic (exact) mass is 391 g/mol. The van der Waals surface area contributed by atoms with E-state index in [9.17, 15) is 9.59 Å². The Kier molecular flexibility index (Phi) is 6.90. The van der Waals surface area contributed by atoms with Crippen LogP contribution in [0, 0.1) is 0 Å². The molecule has 3 rings (SSSR count). The number of amides is 2. The van der Waals surface area contributed by atoms with Gasteiger partial charge in [-0.1, -0.05) is 0 Å². The second-order valence-electron chi connectivity index (χ2n) is 5.93. The molecule has 1 fully saturated rings. The number of anilines is 3. The van der Waals surface area contributed by atoms with Crippen molar-refractivity contribution in [3.63, 3.8) is 0 Å². The van der Waals surface area contributed by atoms with E-state index >= 15 is 0 Å². The van der Waals surface area contributed by atoms with Gasteiger partial charge in [0.05, 0.1) is 18.5 Å². The topological polar surface area (TPSA) is 93.9 Å². The van der Waals surface area contributed by atoms with Gasteiger partial charge < -0.3 is 25.4 Å². The second kappa shape index (κ2) is 9.14. The molecular weight excluding hydrogens is 370 g/mol. The van der Waals surface area contributed by atoms with Gasteiger partial charge in [0, 0.05) is 24.7 Å². The number of benzene rings is 2. The molecule has 0 aliphatic carbocycles. The summed E-state index contributed by atoms with van der Waals surface area (Å²) in [6, 6.07) is 12.1. The first kappa shape index (κ1) is 20.4. The van der Waals surface area contributed by atoms with Crippen molar-refractivity contribution in [1.82, 2.24) is 0 Å². The second-order valence-corrected chi connectivity index (χ2v) is 5.93. The summed E-state index contributed by atoms with van der Waals surface area (Å²) in [6.45, 7) is 0.585. The van der Waals surface area contributed by atoms with Gasteiger partial charge in [-0.15, -0.1) is 12.4 Å². The van der Waals surface area contributed by atoms with Crippen LogP contribution in [0.1, 0.15) is 12.8 Å². The van der Waals surface area contributed by atoms with E-state index in [-0.39, 0.29) is 30.8 Å². The SMILES string of the molecule is COc1ccc(N)c(NC(=O)COc2ccc(N3CCCC3=O)cc2)c1.Cl. The number of hydrogen-bond donors (Lipinski definition) is 2. The van der Waals surface area contributed by atoms with Crippen LogP contribution >= 0.6 is 12.4 Å². The number of nitrogens with one attached hydrogen (secondary N) is 1. The van der Waals surface area contributed by atoms with Gasteiger partial charge in [0.2, 0.25) is 5.91 Å². The molecule has 2 amide bonds. The summed E-state index contributed by atoms with van der Waals surface area (Å²) < 4.78 is 10.6. The Hall–Kier alpha value is -2.93. The Morgan fingerprint density at radius 1 is 1.19 bits per heavy atom. The normalized spacial score (nSPS) is 13.1. The highest BCUT2D eigenvalue weighted by Gasteiger charge is 2.21. The summed E-state index contributed by atoms with van der Waals surface area (Å²) in [7, 11) is 1.54. The smallest absolute Gasteiger partial charge is 0.262 e. The molecule has 3 N–H and O–H groups in total. The van der Waals surface area contributed by atoms with Gasteiger partial charge in [0.15, 0.2) is 6.61 Å². The van der Waals surface area contributed by atoms with E-state index in [0.717, 1.165) is 18.7 Å². The average Bonchev–Trinajstić information content (AvgIpc) is 3.08. The molecule has 8 heteroatoms. The molecule has 1 aliphatic heterocycles. The molecule has 2 aromatic rings. The maximum Gasteiger partial charge on any atom is 0.262 e. The maximum absolute atomic E-state index is 12.1. The molecule has 0 saturated carbocycles. The number of rotatable bonds is 6. The van der Waals surface area contributed by atoms with Gasteiger partial charge in [-0.05, 0) is 42.8 Å². The molecule has 0 aromatic heterocycles. The first-order valence-corrected chi connectivity index (χ1v) is 8.33. The first-order valence-electron chi connectivity index (χ1n) is 8.33. The standard InChI is InChI=1S/C19H21N3O4.ClH/c1-25-15-8-9-16(20)17(11-15)21-18(23)12-26-14-6-4-13(5-7-14)22-10-2-3-19(22)24;/h4-9,11H,2-3,10,12,20H2,1H3,(H,21,23);1H. The zero-order valence-corrected chi connectivity index (χ0v) is 15.8. The molecule has 27 heavy (non-hydrogen) atoms. The van der Waals surface area contributed by atoms with Crippen molar-refractivity contribution in [1.29, 1.82) is 0 Å². The zero-order valence-electron chi connectivity index (χ0n) is 14.9. The van der Waals surface area contributed by atoms with E-state index in [0.29, 0.717) is 29.3 Å². The number of ether oxygens (including phenoxy) is 2. The predicted molar refractivity (Wildman–Crippen MR) is 107 cm³/mol. The van der Waals surface area contributed by atoms with Crippen molar-refractivity contribution < 1.29 is 19.1 Å². The highest BCUT2D eigenvalue weighted by atomic mass is 35.5. The van der Waals surface area contributed by atoms with Crippen molar-refractivity contribution in [3.8, 4) is 11.5 Å². The number of methoxy groups -OCH3 is 1. The van der Waals surface area contributed by atoms with Crippen LogP contribution in [0.3, 0.4) is 0 Å². The van der Waals surface area contributed by atoms with E-state index in [2.05, 4.69) is 5.32 Å². The maximum atomic E-state index is 12.1. The lowest BCUT2D eigenvalue weighted by atomic mass is 10.2. The summed E-state index contributed by atoms with van der Waals surface area (Å²) in [5.41, 5.74) is 7.60. The molecule has 1 saturated heterocycles. The minimum absolute atomic E-state index is 0. The van der Waals surface area contributed by atoms with Crippen LogP contribution in [0.5, 0.6) is 11.5 Å². The Morgan fingerprint density at radius 2 is 1.89 bits per heavy atom. The van der Waals surface area contributed by atoms with Crippen molar-refractivity contribution in [2.75, 3.05) is 36.2 Å². The average molecular weight is 392 g/mol. The fourth-order valence-electron chi connectivity index (χ4n) is 2.75. The number of hydrogen-bond acceptors (Lipinski definition) is 5. The summed E-state index contributed by atoms with van der Waals surface area (Å²) in [5, 5.41) is 2.70. The minimum Gasteiger partial charge on any atom is -0.497 e. The number of halogens is 1. The number of nitrogen functional groups attached to an aromatic ring is 1. The summed E-state index contributed by atoms with van der Waals surface area (Å²) in [6.07, 6.45) is 1.47.